The van der Waals surface area contributed by atoms with Crippen LogP contribution in [0.15, 0.2) is 42.5 Å². The van der Waals surface area contributed by atoms with Crippen LogP contribution in [-0.2, 0) is 0 Å². The van der Waals surface area contributed by atoms with E-state index in [-0.39, 0.29) is 0 Å². The third kappa shape index (κ3) is 3.24. The number of benzene rings is 2. The summed E-state index contributed by atoms with van der Waals surface area (Å²) in [4.78, 5) is 18.7. The van der Waals surface area contributed by atoms with Crippen molar-refractivity contribution in [2.75, 3.05) is 18.4 Å². The van der Waals surface area contributed by atoms with Gasteiger partial charge in [0.05, 0.1) is 5.52 Å². The number of aromatic nitrogens is 2. The summed E-state index contributed by atoms with van der Waals surface area (Å²) in [7, 11) is 0. The zero-order chi connectivity index (χ0) is 16.2. The fourth-order valence-corrected chi connectivity index (χ4v) is 2.30. The maximum Gasteiger partial charge on any atom is 0.410 e. The Hall–Kier alpha value is -3.06. The topological polar surface area (TPSA) is 119 Å². The smallest absolute Gasteiger partial charge is 0.408 e. The first-order valence-corrected chi connectivity index (χ1v) is 7.18. The van der Waals surface area contributed by atoms with E-state index in [1.165, 1.54) is 0 Å². The molecule has 0 atom stereocenters. The number of para-hydroxylation sites is 1. The van der Waals surface area contributed by atoms with Crippen molar-refractivity contribution in [2.24, 2.45) is 11.5 Å². The fourth-order valence-electron chi connectivity index (χ4n) is 2.30. The van der Waals surface area contributed by atoms with Crippen molar-refractivity contribution in [3.05, 3.63) is 42.5 Å². The van der Waals surface area contributed by atoms with Crippen LogP contribution in [0.1, 0.15) is 0 Å². The average molecular weight is 311 g/mol. The number of anilines is 1. The number of imidazole rings is 1. The van der Waals surface area contributed by atoms with Gasteiger partial charge in [-0.1, -0.05) is 6.07 Å². The van der Waals surface area contributed by atoms with Crippen molar-refractivity contribution in [3.8, 4) is 17.1 Å². The van der Waals surface area contributed by atoms with Gasteiger partial charge in [-0.25, -0.2) is 9.78 Å². The van der Waals surface area contributed by atoms with E-state index in [4.69, 9.17) is 16.2 Å². The molecule has 3 aromatic rings. The molecule has 6 N–H and O–H groups in total. The predicted molar refractivity (Wildman–Crippen MR) is 89.3 cm³/mol. The lowest BCUT2D eigenvalue weighted by atomic mass is 10.2. The lowest BCUT2D eigenvalue weighted by Gasteiger charge is -2.04. The molecule has 23 heavy (non-hydrogen) atoms. The van der Waals surface area contributed by atoms with Gasteiger partial charge < -0.3 is 26.5 Å². The lowest BCUT2D eigenvalue weighted by Crippen LogP contribution is -2.16. The fraction of sp³-hybridized carbons (Fsp3) is 0.125. The van der Waals surface area contributed by atoms with E-state index < -0.39 is 6.09 Å². The molecule has 0 radical (unpaired) electrons. The number of nitrogens with zero attached hydrogens (tertiary/aromatic N) is 1. The molecule has 0 aliphatic rings. The largest absolute Gasteiger partial charge is 0.410 e. The number of carbonyl (C=O) groups is 1. The molecule has 0 saturated heterocycles. The second-order valence-electron chi connectivity index (χ2n) is 4.95. The highest BCUT2D eigenvalue weighted by atomic mass is 16.5. The Morgan fingerprint density at radius 3 is 2.70 bits per heavy atom. The molecular weight excluding hydrogens is 294 g/mol. The minimum absolute atomic E-state index is 0.332. The van der Waals surface area contributed by atoms with Gasteiger partial charge in [-0.15, -0.1) is 0 Å². The van der Waals surface area contributed by atoms with Crippen LogP contribution in [0.4, 0.5) is 10.5 Å². The highest BCUT2D eigenvalue weighted by molar-refractivity contribution is 5.87. The van der Waals surface area contributed by atoms with Gasteiger partial charge in [-0.2, -0.15) is 0 Å². The predicted octanol–water partition coefficient (Wildman–Crippen LogP) is 2.06. The minimum atomic E-state index is -0.864. The Morgan fingerprint density at radius 1 is 1.22 bits per heavy atom. The highest BCUT2D eigenvalue weighted by Gasteiger charge is 2.11. The number of H-pyrrole nitrogens is 1. The van der Waals surface area contributed by atoms with Gasteiger partial charge in [-0.3, -0.25) is 0 Å². The van der Waals surface area contributed by atoms with Gasteiger partial charge in [-0.05, 0) is 36.4 Å². The number of nitrogens with one attached hydrogen (secondary N) is 2. The van der Waals surface area contributed by atoms with Crippen LogP contribution in [-0.4, -0.2) is 29.2 Å². The standard InChI is InChI=1S/C16H17N5O2/c17-8-9-19-11-6-4-10(5-7-11)15-20-12-2-1-3-13(14(12)21-15)23-16(18)22/h1-7,19H,8-9,17H2,(H2,18,22)(H,20,21). The molecule has 1 heterocycles. The van der Waals surface area contributed by atoms with E-state index in [2.05, 4.69) is 15.3 Å². The van der Waals surface area contributed by atoms with E-state index >= 15 is 0 Å². The molecule has 7 nitrogen and oxygen atoms in total. The summed E-state index contributed by atoms with van der Waals surface area (Å²) < 4.78 is 4.97. The maximum absolute atomic E-state index is 11.0. The zero-order valence-electron chi connectivity index (χ0n) is 12.4. The molecule has 0 bridgehead atoms. The quantitative estimate of drug-likeness (QED) is 0.575. The van der Waals surface area contributed by atoms with Crippen LogP contribution in [0.25, 0.3) is 22.4 Å². The first-order chi connectivity index (χ1) is 11.2. The minimum Gasteiger partial charge on any atom is -0.408 e. The SMILES string of the molecule is NCCNc1ccc(-c2nc3c(OC(N)=O)cccc3[nH]2)cc1. The Bertz CT molecular complexity index is 826. The van der Waals surface area contributed by atoms with E-state index in [0.717, 1.165) is 23.3 Å². The highest BCUT2D eigenvalue weighted by Crippen LogP contribution is 2.27. The number of aromatic amines is 1. The second-order valence-corrected chi connectivity index (χ2v) is 4.95. The van der Waals surface area contributed by atoms with Crippen LogP contribution in [0.5, 0.6) is 5.75 Å². The van der Waals surface area contributed by atoms with Gasteiger partial charge in [0.1, 0.15) is 11.3 Å². The van der Waals surface area contributed by atoms with Crippen LogP contribution >= 0.6 is 0 Å². The van der Waals surface area contributed by atoms with Crippen molar-refractivity contribution in [1.82, 2.24) is 9.97 Å². The summed E-state index contributed by atoms with van der Waals surface area (Å²) in [6, 6.07) is 13.1. The van der Waals surface area contributed by atoms with Crippen LogP contribution < -0.4 is 21.5 Å². The van der Waals surface area contributed by atoms with Crippen LogP contribution in [0.2, 0.25) is 0 Å². The summed E-state index contributed by atoms with van der Waals surface area (Å²) in [5, 5.41) is 3.20. The molecule has 7 heteroatoms. The van der Waals surface area contributed by atoms with Crippen molar-refractivity contribution >= 4 is 22.8 Å². The first kappa shape index (κ1) is 14.9. The number of nitrogens with two attached hydrogens (primary N) is 2. The molecule has 1 aromatic heterocycles. The number of ether oxygens (including phenoxy) is 1. The van der Waals surface area contributed by atoms with E-state index in [0.29, 0.717) is 23.6 Å². The Labute approximate surface area is 132 Å². The molecule has 0 fully saturated rings. The Morgan fingerprint density at radius 2 is 2.00 bits per heavy atom. The molecule has 0 saturated carbocycles. The van der Waals surface area contributed by atoms with Crippen molar-refractivity contribution < 1.29 is 9.53 Å². The van der Waals surface area contributed by atoms with Gasteiger partial charge in [0.15, 0.2) is 5.75 Å². The van der Waals surface area contributed by atoms with Crippen molar-refractivity contribution in [1.29, 1.82) is 0 Å². The third-order valence-electron chi connectivity index (χ3n) is 3.32. The monoisotopic (exact) mass is 311 g/mol. The Kier molecular flexibility index (Phi) is 4.11. The molecule has 0 aliphatic carbocycles. The number of fused-ring (bicyclic) bond motifs is 1. The lowest BCUT2D eigenvalue weighted by molar-refractivity contribution is 0.211. The van der Waals surface area contributed by atoms with Gasteiger partial charge in [0.2, 0.25) is 0 Å². The summed E-state index contributed by atoms with van der Waals surface area (Å²) in [5.74, 6) is 1.02. The molecule has 3 rings (SSSR count). The maximum atomic E-state index is 11.0. The van der Waals surface area contributed by atoms with Crippen LogP contribution in [0, 0.1) is 0 Å². The van der Waals surface area contributed by atoms with Crippen molar-refractivity contribution in [3.63, 3.8) is 0 Å². The summed E-state index contributed by atoms with van der Waals surface area (Å²) in [5.41, 5.74) is 13.8. The number of amides is 1. The molecular formula is C16H17N5O2. The molecule has 1 amide bonds. The normalized spacial score (nSPS) is 10.7. The number of primary amides is 1. The number of hydrogen-bond acceptors (Lipinski definition) is 5. The van der Waals surface area contributed by atoms with Gasteiger partial charge in [0.25, 0.3) is 0 Å². The Balaban J connectivity index is 1.92. The summed E-state index contributed by atoms with van der Waals surface area (Å²) in [6.45, 7) is 1.30. The van der Waals surface area contributed by atoms with Crippen LogP contribution in [0.3, 0.4) is 0 Å². The van der Waals surface area contributed by atoms with Crippen molar-refractivity contribution in [2.45, 2.75) is 0 Å². The molecule has 0 aliphatic heterocycles. The number of rotatable bonds is 5. The van der Waals surface area contributed by atoms with E-state index in [9.17, 15) is 4.79 Å². The number of carbonyl (C=O) groups excluding carboxylic acids is 1. The van der Waals surface area contributed by atoms with E-state index in [1.54, 1.807) is 12.1 Å². The zero-order valence-corrected chi connectivity index (χ0v) is 12.4. The average Bonchev–Trinajstić information content (AvgIpc) is 2.98. The van der Waals surface area contributed by atoms with Gasteiger partial charge >= 0.3 is 6.09 Å². The summed E-state index contributed by atoms with van der Waals surface area (Å²) >= 11 is 0. The summed E-state index contributed by atoms with van der Waals surface area (Å²) in [6.07, 6.45) is -0.864. The van der Waals surface area contributed by atoms with E-state index in [1.807, 2.05) is 30.3 Å². The van der Waals surface area contributed by atoms with Gasteiger partial charge in [0, 0.05) is 24.3 Å². The first-order valence-electron chi connectivity index (χ1n) is 7.18. The number of hydrogen-bond donors (Lipinski definition) is 4. The molecule has 118 valence electrons. The molecule has 0 unspecified atom stereocenters. The second kappa shape index (κ2) is 6.37. The molecule has 0 spiro atoms. The molecule has 2 aromatic carbocycles. The third-order valence-corrected chi connectivity index (χ3v) is 3.32.